The second kappa shape index (κ2) is 5.83. The monoisotopic (exact) mass is 322 g/mol. The zero-order valence-electron chi connectivity index (χ0n) is 9.54. The van der Waals surface area contributed by atoms with E-state index in [0.29, 0.717) is 10.8 Å². The Labute approximate surface area is 113 Å². The molecular formula is C12H13BrClFO2. The van der Waals surface area contributed by atoms with Crippen LogP contribution in [0, 0.1) is 5.41 Å². The van der Waals surface area contributed by atoms with Crippen molar-refractivity contribution in [2.24, 2.45) is 5.41 Å². The van der Waals surface area contributed by atoms with Crippen molar-refractivity contribution in [2.45, 2.75) is 18.9 Å². The smallest absolute Gasteiger partial charge is 0.211 e. The zero-order valence-corrected chi connectivity index (χ0v) is 11.9. The summed E-state index contributed by atoms with van der Waals surface area (Å²) in [5.41, 5.74) is -1.05. The Hall–Kier alpha value is -0.610. The summed E-state index contributed by atoms with van der Waals surface area (Å²) < 4.78 is 18.0. The number of carbonyl (C=O) groups is 1. The maximum Gasteiger partial charge on any atom is 0.211 e. The standard InChI is InChI=1S/C12H13BrClFO2/c1-12(2,7-15)10(16)11(13)17-9-5-3-8(14)4-6-9/h3-6,11H,7H2,1-2H3. The van der Waals surface area contributed by atoms with Crippen LogP contribution in [0.1, 0.15) is 13.8 Å². The van der Waals surface area contributed by atoms with Gasteiger partial charge < -0.3 is 4.74 Å². The number of carbonyl (C=O) groups excluding carboxylic acids is 1. The third kappa shape index (κ3) is 3.96. The molecule has 0 saturated carbocycles. The van der Waals surface area contributed by atoms with E-state index in [1.807, 2.05) is 0 Å². The van der Waals surface area contributed by atoms with Gasteiger partial charge in [-0.2, -0.15) is 0 Å². The van der Waals surface area contributed by atoms with Crippen LogP contribution in [0.5, 0.6) is 5.75 Å². The van der Waals surface area contributed by atoms with E-state index in [0.717, 1.165) is 0 Å². The second-order valence-electron chi connectivity index (χ2n) is 4.27. The fourth-order valence-corrected chi connectivity index (χ4v) is 2.02. The minimum absolute atomic E-state index is 0.338. The molecule has 0 bridgehead atoms. The number of alkyl halides is 2. The van der Waals surface area contributed by atoms with Gasteiger partial charge in [-0.05, 0) is 40.2 Å². The lowest BCUT2D eigenvalue weighted by atomic mass is 9.90. The van der Waals surface area contributed by atoms with Crippen LogP contribution in [0.15, 0.2) is 24.3 Å². The molecule has 1 unspecified atom stereocenters. The van der Waals surface area contributed by atoms with Crippen molar-refractivity contribution in [1.29, 1.82) is 0 Å². The summed E-state index contributed by atoms with van der Waals surface area (Å²) in [6.07, 6.45) is 0. The lowest BCUT2D eigenvalue weighted by Crippen LogP contribution is -2.36. The van der Waals surface area contributed by atoms with Gasteiger partial charge in [0.05, 0.1) is 5.41 Å². The number of rotatable bonds is 5. The Morgan fingerprint density at radius 1 is 1.47 bits per heavy atom. The normalized spacial score (nSPS) is 13.2. The Kier molecular flexibility index (Phi) is 4.95. The van der Waals surface area contributed by atoms with Crippen molar-refractivity contribution >= 4 is 33.3 Å². The summed E-state index contributed by atoms with van der Waals surface area (Å²) in [6.45, 7) is 2.35. The number of ketones is 1. The van der Waals surface area contributed by atoms with Crippen LogP contribution in [0.25, 0.3) is 0 Å². The molecule has 1 aromatic carbocycles. The highest BCUT2D eigenvalue weighted by Crippen LogP contribution is 2.25. The van der Waals surface area contributed by atoms with Gasteiger partial charge in [-0.25, -0.2) is 0 Å². The molecule has 0 spiro atoms. The van der Waals surface area contributed by atoms with Gasteiger partial charge in [0.25, 0.3) is 0 Å². The molecule has 0 aliphatic carbocycles. The molecular weight excluding hydrogens is 310 g/mol. The molecule has 0 heterocycles. The highest BCUT2D eigenvalue weighted by Gasteiger charge is 2.33. The van der Waals surface area contributed by atoms with Crippen molar-refractivity contribution in [1.82, 2.24) is 0 Å². The van der Waals surface area contributed by atoms with E-state index in [2.05, 4.69) is 15.9 Å². The number of hydrogen-bond donors (Lipinski definition) is 0. The SMILES string of the molecule is CC(C)(CF)C(=O)C(Br)Oc1ccc(Cl)cc1. The lowest BCUT2D eigenvalue weighted by molar-refractivity contribution is -0.131. The zero-order chi connectivity index (χ0) is 13.1. The number of halogens is 3. The van der Waals surface area contributed by atoms with Crippen molar-refractivity contribution < 1.29 is 13.9 Å². The molecule has 17 heavy (non-hydrogen) atoms. The summed E-state index contributed by atoms with van der Waals surface area (Å²) >= 11 is 8.83. The molecule has 0 aliphatic heterocycles. The molecule has 94 valence electrons. The van der Waals surface area contributed by atoms with Gasteiger partial charge in [0.15, 0.2) is 5.78 Å². The van der Waals surface area contributed by atoms with Crippen molar-refractivity contribution in [3.8, 4) is 5.75 Å². The van der Waals surface area contributed by atoms with E-state index in [4.69, 9.17) is 16.3 Å². The minimum Gasteiger partial charge on any atom is -0.471 e. The summed E-state index contributed by atoms with van der Waals surface area (Å²) in [6, 6.07) is 6.60. The van der Waals surface area contributed by atoms with Gasteiger partial charge >= 0.3 is 0 Å². The Balaban J connectivity index is 2.69. The number of hydrogen-bond acceptors (Lipinski definition) is 2. The Bertz CT molecular complexity index is 392. The van der Waals surface area contributed by atoms with Crippen molar-refractivity contribution in [3.05, 3.63) is 29.3 Å². The fraction of sp³-hybridized carbons (Fsp3) is 0.417. The molecule has 0 radical (unpaired) electrons. The molecule has 0 saturated heterocycles. The summed E-state index contributed by atoms with van der Waals surface area (Å²) in [5, 5.41) is -0.284. The molecule has 0 N–H and O–H groups in total. The highest BCUT2D eigenvalue weighted by molar-refractivity contribution is 9.09. The molecule has 1 rings (SSSR count). The lowest BCUT2D eigenvalue weighted by Gasteiger charge is -2.22. The van der Waals surface area contributed by atoms with E-state index >= 15 is 0 Å². The predicted octanol–water partition coefficient (Wildman–Crippen LogP) is 4.00. The fourth-order valence-electron chi connectivity index (χ4n) is 1.06. The van der Waals surface area contributed by atoms with E-state index in [-0.39, 0.29) is 5.78 Å². The molecule has 0 aromatic heterocycles. The second-order valence-corrected chi connectivity index (χ2v) is 5.54. The third-order valence-electron chi connectivity index (χ3n) is 2.26. The summed E-state index contributed by atoms with van der Waals surface area (Å²) in [4.78, 5) is 11.8. The molecule has 2 nitrogen and oxygen atoms in total. The van der Waals surface area contributed by atoms with Gasteiger partial charge in [-0.3, -0.25) is 9.18 Å². The van der Waals surface area contributed by atoms with E-state index in [1.165, 1.54) is 13.8 Å². The van der Waals surface area contributed by atoms with Crippen molar-refractivity contribution in [2.75, 3.05) is 6.67 Å². The Morgan fingerprint density at radius 3 is 2.47 bits per heavy atom. The molecule has 1 atom stereocenters. The van der Waals surface area contributed by atoms with E-state index in [9.17, 15) is 9.18 Å². The predicted molar refractivity (Wildman–Crippen MR) is 69.6 cm³/mol. The quantitative estimate of drug-likeness (QED) is 0.766. The molecule has 1 aromatic rings. The van der Waals surface area contributed by atoms with E-state index in [1.54, 1.807) is 24.3 Å². The average molecular weight is 324 g/mol. The minimum atomic E-state index is -1.05. The molecule has 0 fully saturated rings. The number of benzene rings is 1. The van der Waals surface area contributed by atoms with Crippen LogP contribution in [0.2, 0.25) is 5.02 Å². The number of ether oxygens (including phenoxy) is 1. The van der Waals surface area contributed by atoms with Crippen LogP contribution in [0.3, 0.4) is 0 Å². The summed E-state index contributed by atoms with van der Waals surface area (Å²) in [7, 11) is 0. The van der Waals surface area contributed by atoms with Gasteiger partial charge in [-0.15, -0.1) is 0 Å². The largest absolute Gasteiger partial charge is 0.471 e. The van der Waals surface area contributed by atoms with Crippen LogP contribution in [-0.2, 0) is 4.79 Å². The Morgan fingerprint density at radius 2 is 2.00 bits per heavy atom. The molecule has 5 heteroatoms. The maximum absolute atomic E-state index is 12.7. The van der Waals surface area contributed by atoms with Crippen LogP contribution >= 0.6 is 27.5 Å². The maximum atomic E-state index is 12.7. The first-order valence-electron chi connectivity index (χ1n) is 5.03. The first-order valence-corrected chi connectivity index (χ1v) is 6.33. The van der Waals surface area contributed by atoms with Crippen molar-refractivity contribution in [3.63, 3.8) is 0 Å². The molecule has 0 amide bonds. The average Bonchev–Trinajstić information content (AvgIpc) is 2.31. The third-order valence-corrected chi connectivity index (χ3v) is 3.12. The van der Waals surface area contributed by atoms with Crippen LogP contribution in [0.4, 0.5) is 4.39 Å². The van der Waals surface area contributed by atoms with Crippen LogP contribution < -0.4 is 4.74 Å². The first kappa shape index (κ1) is 14.5. The highest BCUT2D eigenvalue weighted by atomic mass is 79.9. The molecule has 0 aliphatic rings. The van der Waals surface area contributed by atoms with Gasteiger partial charge in [0.1, 0.15) is 12.4 Å². The van der Waals surface area contributed by atoms with Gasteiger partial charge in [0, 0.05) is 5.02 Å². The summed E-state index contributed by atoms with van der Waals surface area (Å²) in [5.74, 6) is 0.161. The first-order chi connectivity index (χ1) is 7.86. The topological polar surface area (TPSA) is 26.3 Å². The van der Waals surface area contributed by atoms with Gasteiger partial charge in [0.2, 0.25) is 5.01 Å². The van der Waals surface area contributed by atoms with Gasteiger partial charge in [-0.1, -0.05) is 25.4 Å². The number of Topliss-reactive ketones (excluding diaryl/α,β-unsaturated/α-hetero) is 1. The van der Waals surface area contributed by atoms with Crippen LogP contribution in [-0.4, -0.2) is 17.5 Å². The van der Waals surface area contributed by atoms with E-state index < -0.39 is 17.1 Å².